The van der Waals surface area contributed by atoms with Crippen LogP contribution >= 0.6 is 0 Å². The first-order valence-corrected chi connectivity index (χ1v) is 5.47. The molecule has 1 amide bonds. The maximum absolute atomic E-state index is 11.9. The third-order valence-corrected chi connectivity index (χ3v) is 2.94. The third kappa shape index (κ3) is 2.58. The van der Waals surface area contributed by atoms with Crippen LogP contribution in [0.5, 0.6) is 0 Å². The number of rotatable bonds is 5. The molecular formula is C12H16N2O2. The number of pyridine rings is 1. The van der Waals surface area contributed by atoms with Gasteiger partial charge in [-0.05, 0) is 31.4 Å². The molecule has 0 atom stereocenters. The molecule has 1 heterocycles. The van der Waals surface area contributed by atoms with Crippen molar-refractivity contribution in [1.29, 1.82) is 0 Å². The molecule has 1 fully saturated rings. The van der Waals surface area contributed by atoms with Crippen molar-refractivity contribution in [1.82, 2.24) is 10.3 Å². The van der Waals surface area contributed by atoms with Crippen LogP contribution in [0, 0.1) is 0 Å². The Labute approximate surface area is 95.0 Å². The van der Waals surface area contributed by atoms with Crippen LogP contribution < -0.4 is 5.32 Å². The summed E-state index contributed by atoms with van der Waals surface area (Å²) in [4.78, 5) is 15.8. The zero-order valence-corrected chi connectivity index (χ0v) is 9.40. The molecule has 0 unspecified atom stereocenters. The minimum atomic E-state index is -0.0401. The molecular weight excluding hydrogens is 204 g/mol. The number of aromatic nitrogens is 1. The van der Waals surface area contributed by atoms with Crippen LogP contribution in [0.4, 0.5) is 0 Å². The average molecular weight is 220 g/mol. The summed E-state index contributed by atoms with van der Waals surface area (Å²) < 4.78 is 5.04. The number of amides is 1. The molecule has 1 saturated carbocycles. The Morgan fingerprint density at radius 1 is 1.62 bits per heavy atom. The lowest BCUT2D eigenvalue weighted by Gasteiger charge is -2.16. The van der Waals surface area contributed by atoms with E-state index in [1.807, 2.05) is 0 Å². The SMILES string of the molecule is COCCC1(NC(=O)c2cccnc2)CC1. The highest BCUT2D eigenvalue weighted by Crippen LogP contribution is 2.38. The van der Waals surface area contributed by atoms with Gasteiger partial charge in [0.25, 0.3) is 5.91 Å². The van der Waals surface area contributed by atoms with Crippen LogP contribution in [0.2, 0.25) is 0 Å². The van der Waals surface area contributed by atoms with E-state index in [9.17, 15) is 4.79 Å². The number of methoxy groups -OCH3 is 1. The molecule has 1 aliphatic rings. The molecule has 0 saturated heterocycles. The van der Waals surface area contributed by atoms with E-state index in [0.29, 0.717) is 12.2 Å². The molecule has 2 rings (SSSR count). The molecule has 0 aliphatic heterocycles. The zero-order chi connectivity index (χ0) is 11.4. The highest BCUT2D eigenvalue weighted by Gasteiger charge is 2.43. The molecule has 86 valence electrons. The Morgan fingerprint density at radius 3 is 3.00 bits per heavy atom. The van der Waals surface area contributed by atoms with Crippen molar-refractivity contribution in [2.75, 3.05) is 13.7 Å². The highest BCUT2D eigenvalue weighted by atomic mass is 16.5. The summed E-state index contributed by atoms with van der Waals surface area (Å²) in [6.45, 7) is 0.688. The predicted molar refractivity (Wildman–Crippen MR) is 60.2 cm³/mol. The minimum absolute atomic E-state index is 0.0249. The second-order valence-corrected chi connectivity index (χ2v) is 4.22. The Balaban J connectivity index is 1.93. The summed E-state index contributed by atoms with van der Waals surface area (Å²) in [5.74, 6) is -0.0401. The van der Waals surface area contributed by atoms with Gasteiger partial charge < -0.3 is 10.1 Å². The smallest absolute Gasteiger partial charge is 0.253 e. The third-order valence-electron chi connectivity index (χ3n) is 2.94. The van der Waals surface area contributed by atoms with E-state index < -0.39 is 0 Å². The van der Waals surface area contributed by atoms with Crippen molar-refractivity contribution < 1.29 is 9.53 Å². The molecule has 1 aromatic rings. The number of ether oxygens (including phenoxy) is 1. The van der Waals surface area contributed by atoms with Gasteiger partial charge in [-0.2, -0.15) is 0 Å². The lowest BCUT2D eigenvalue weighted by Crippen LogP contribution is -2.37. The van der Waals surface area contributed by atoms with Gasteiger partial charge in [0.1, 0.15) is 0 Å². The first-order chi connectivity index (χ1) is 7.76. The van der Waals surface area contributed by atoms with Gasteiger partial charge >= 0.3 is 0 Å². The van der Waals surface area contributed by atoms with Gasteiger partial charge in [0.2, 0.25) is 0 Å². The Bertz CT molecular complexity index is 361. The summed E-state index contributed by atoms with van der Waals surface area (Å²) in [7, 11) is 1.68. The number of carbonyl (C=O) groups is 1. The van der Waals surface area contributed by atoms with Gasteiger partial charge in [-0.1, -0.05) is 0 Å². The van der Waals surface area contributed by atoms with Crippen molar-refractivity contribution in [3.8, 4) is 0 Å². The van der Waals surface area contributed by atoms with Crippen molar-refractivity contribution in [2.45, 2.75) is 24.8 Å². The number of carbonyl (C=O) groups excluding carboxylic acids is 1. The molecule has 1 aromatic heterocycles. The normalized spacial score (nSPS) is 16.8. The largest absolute Gasteiger partial charge is 0.385 e. The molecule has 4 nitrogen and oxygen atoms in total. The van der Waals surface area contributed by atoms with Crippen molar-refractivity contribution in [2.24, 2.45) is 0 Å². The van der Waals surface area contributed by atoms with Crippen LogP contribution in [0.3, 0.4) is 0 Å². The molecule has 1 N–H and O–H groups in total. The maximum atomic E-state index is 11.9. The fraction of sp³-hybridized carbons (Fsp3) is 0.500. The lowest BCUT2D eigenvalue weighted by atomic mass is 10.1. The summed E-state index contributed by atoms with van der Waals surface area (Å²) in [5, 5.41) is 3.06. The number of hydrogen-bond acceptors (Lipinski definition) is 3. The van der Waals surface area contributed by atoms with E-state index >= 15 is 0 Å². The van der Waals surface area contributed by atoms with Gasteiger partial charge in [0, 0.05) is 31.6 Å². The molecule has 4 heteroatoms. The average Bonchev–Trinajstić information content (AvgIpc) is 3.08. The van der Waals surface area contributed by atoms with Crippen LogP contribution in [0.15, 0.2) is 24.5 Å². The van der Waals surface area contributed by atoms with Crippen LogP contribution in [0.1, 0.15) is 29.6 Å². The van der Waals surface area contributed by atoms with E-state index in [1.54, 1.807) is 31.6 Å². The number of nitrogens with one attached hydrogen (secondary N) is 1. The van der Waals surface area contributed by atoms with E-state index in [-0.39, 0.29) is 11.4 Å². The predicted octanol–water partition coefficient (Wildman–Crippen LogP) is 1.38. The fourth-order valence-electron chi connectivity index (χ4n) is 1.70. The summed E-state index contributed by atoms with van der Waals surface area (Å²) >= 11 is 0. The van der Waals surface area contributed by atoms with Crippen molar-refractivity contribution >= 4 is 5.91 Å². The first-order valence-electron chi connectivity index (χ1n) is 5.47. The van der Waals surface area contributed by atoms with Gasteiger partial charge in [-0.25, -0.2) is 0 Å². The van der Waals surface area contributed by atoms with Gasteiger partial charge in [0.05, 0.1) is 5.56 Å². The molecule has 0 aromatic carbocycles. The van der Waals surface area contributed by atoms with E-state index in [2.05, 4.69) is 10.3 Å². The summed E-state index contributed by atoms with van der Waals surface area (Å²) in [6, 6.07) is 3.54. The molecule has 0 radical (unpaired) electrons. The lowest BCUT2D eigenvalue weighted by molar-refractivity contribution is 0.0916. The topological polar surface area (TPSA) is 51.2 Å². The first kappa shape index (κ1) is 11.1. The quantitative estimate of drug-likeness (QED) is 0.815. The Hall–Kier alpha value is -1.42. The maximum Gasteiger partial charge on any atom is 0.253 e. The highest BCUT2D eigenvalue weighted by molar-refractivity contribution is 5.94. The molecule has 0 bridgehead atoms. The number of hydrogen-bond donors (Lipinski definition) is 1. The summed E-state index contributed by atoms with van der Waals surface area (Å²) in [6.07, 6.45) is 6.22. The fourth-order valence-corrected chi connectivity index (χ4v) is 1.70. The molecule has 0 spiro atoms. The van der Waals surface area contributed by atoms with E-state index in [0.717, 1.165) is 19.3 Å². The van der Waals surface area contributed by atoms with E-state index in [4.69, 9.17) is 4.74 Å². The second kappa shape index (κ2) is 4.61. The zero-order valence-electron chi connectivity index (χ0n) is 9.40. The Morgan fingerprint density at radius 2 is 2.44 bits per heavy atom. The van der Waals surface area contributed by atoms with Crippen molar-refractivity contribution in [3.63, 3.8) is 0 Å². The minimum Gasteiger partial charge on any atom is -0.385 e. The monoisotopic (exact) mass is 220 g/mol. The van der Waals surface area contributed by atoms with Crippen LogP contribution in [-0.2, 0) is 4.74 Å². The van der Waals surface area contributed by atoms with Crippen LogP contribution in [-0.4, -0.2) is 30.1 Å². The second-order valence-electron chi connectivity index (χ2n) is 4.22. The van der Waals surface area contributed by atoms with Crippen LogP contribution in [0.25, 0.3) is 0 Å². The van der Waals surface area contributed by atoms with Gasteiger partial charge in [-0.3, -0.25) is 9.78 Å². The van der Waals surface area contributed by atoms with Gasteiger partial charge in [0.15, 0.2) is 0 Å². The van der Waals surface area contributed by atoms with Crippen molar-refractivity contribution in [3.05, 3.63) is 30.1 Å². The molecule has 1 aliphatic carbocycles. The Kier molecular flexibility index (Phi) is 3.19. The number of nitrogens with zero attached hydrogens (tertiary/aromatic N) is 1. The molecule has 16 heavy (non-hydrogen) atoms. The van der Waals surface area contributed by atoms with Gasteiger partial charge in [-0.15, -0.1) is 0 Å². The summed E-state index contributed by atoms with van der Waals surface area (Å²) in [5.41, 5.74) is 0.592. The standard InChI is InChI=1S/C12H16N2O2/c1-16-8-6-12(4-5-12)14-11(15)10-3-2-7-13-9-10/h2-3,7,9H,4-6,8H2,1H3,(H,14,15). The van der Waals surface area contributed by atoms with E-state index in [1.165, 1.54) is 0 Å².